The molecule has 0 saturated heterocycles. The van der Waals surface area contributed by atoms with E-state index >= 15 is 0 Å². The molecule has 2 aromatic rings. The van der Waals surface area contributed by atoms with Gasteiger partial charge in [-0.25, -0.2) is 13.4 Å². The van der Waals surface area contributed by atoms with E-state index in [1.807, 2.05) is 6.92 Å². The van der Waals surface area contributed by atoms with E-state index in [9.17, 15) is 8.42 Å². The van der Waals surface area contributed by atoms with Crippen molar-refractivity contribution < 1.29 is 17.9 Å². The van der Waals surface area contributed by atoms with Crippen molar-refractivity contribution in [3.05, 3.63) is 42.6 Å². The summed E-state index contributed by atoms with van der Waals surface area (Å²) in [5.74, 6) is 0.780. The lowest BCUT2D eigenvalue weighted by molar-refractivity contribution is 0.318. The molecule has 1 aromatic carbocycles. The highest BCUT2D eigenvalue weighted by Crippen LogP contribution is 2.34. The Hall–Kier alpha value is -1.79. The van der Waals surface area contributed by atoms with Crippen LogP contribution in [0.4, 0.5) is 0 Å². The Bertz CT molecular complexity index is 703. The molecule has 0 atom stereocenters. The van der Waals surface area contributed by atoms with E-state index in [2.05, 4.69) is 4.98 Å². The van der Waals surface area contributed by atoms with Gasteiger partial charge in [0.2, 0.25) is 5.88 Å². The molecule has 0 fully saturated rings. The van der Waals surface area contributed by atoms with Crippen molar-refractivity contribution in [1.29, 1.82) is 0 Å². The Kier molecular flexibility index (Phi) is 4.46. The predicted octanol–water partition coefficient (Wildman–Crippen LogP) is 3.20. The van der Waals surface area contributed by atoms with Crippen molar-refractivity contribution in [2.45, 2.75) is 11.8 Å². The van der Waals surface area contributed by atoms with E-state index in [0.717, 1.165) is 0 Å². The largest absolute Gasteiger partial charge is 0.490 e. The van der Waals surface area contributed by atoms with Gasteiger partial charge in [0.05, 0.1) is 6.61 Å². The normalized spacial score (nSPS) is 11.1. The molecule has 0 unspecified atom stereocenters. The Morgan fingerprint density at radius 3 is 2.50 bits per heavy atom. The summed E-state index contributed by atoms with van der Waals surface area (Å²) in [4.78, 5) is 3.71. The van der Waals surface area contributed by atoms with Gasteiger partial charge in [-0.15, -0.1) is 0 Å². The van der Waals surface area contributed by atoms with Crippen LogP contribution in [0, 0.1) is 0 Å². The Balaban J connectivity index is 2.41. The van der Waals surface area contributed by atoms with E-state index in [-0.39, 0.29) is 10.8 Å². The number of pyridine rings is 1. The fraction of sp³-hybridized carbons (Fsp3) is 0.154. The summed E-state index contributed by atoms with van der Waals surface area (Å²) in [6.07, 6.45) is 1.42. The number of nitrogens with zero attached hydrogens (tertiary/aromatic N) is 1. The summed E-state index contributed by atoms with van der Waals surface area (Å²) >= 11 is 0. The summed E-state index contributed by atoms with van der Waals surface area (Å²) in [6.45, 7) is 2.30. The molecule has 0 bridgehead atoms. The summed E-state index contributed by atoms with van der Waals surface area (Å²) in [5, 5.41) is 0. The number of para-hydroxylation sites is 2. The number of rotatable bonds is 5. The van der Waals surface area contributed by atoms with Gasteiger partial charge in [0.25, 0.3) is 9.05 Å². The van der Waals surface area contributed by atoms with Crippen LogP contribution in [0.1, 0.15) is 6.92 Å². The molecule has 1 aromatic heterocycles. The first-order valence-electron chi connectivity index (χ1n) is 5.81. The van der Waals surface area contributed by atoms with Crippen LogP contribution in [0.15, 0.2) is 47.5 Å². The predicted molar refractivity (Wildman–Crippen MR) is 75.0 cm³/mol. The minimum absolute atomic E-state index is 0.0883. The second-order valence-corrected chi connectivity index (χ2v) is 6.26. The van der Waals surface area contributed by atoms with Gasteiger partial charge in [-0.05, 0) is 31.2 Å². The average molecular weight is 314 g/mol. The summed E-state index contributed by atoms with van der Waals surface area (Å²) in [7, 11) is 1.42. The number of benzene rings is 1. The summed E-state index contributed by atoms with van der Waals surface area (Å²) in [6, 6.07) is 9.70. The maximum absolute atomic E-state index is 11.5. The van der Waals surface area contributed by atoms with Crippen molar-refractivity contribution in [3.63, 3.8) is 0 Å². The molecule has 0 aliphatic carbocycles. The minimum atomic E-state index is -3.93. The molecule has 0 saturated carbocycles. The topological polar surface area (TPSA) is 65.5 Å². The van der Waals surface area contributed by atoms with Crippen LogP contribution in [-0.2, 0) is 9.05 Å². The Morgan fingerprint density at radius 2 is 1.85 bits per heavy atom. The van der Waals surface area contributed by atoms with Crippen molar-refractivity contribution >= 4 is 19.7 Å². The zero-order chi connectivity index (χ0) is 14.6. The molecular weight excluding hydrogens is 302 g/mol. The molecular formula is C13H12ClNO4S. The zero-order valence-corrected chi connectivity index (χ0v) is 12.2. The first-order valence-corrected chi connectivity index (χ1v) is 8.12. The first-order chi connectivity index (χ1) is 9.52. The van der Waals surface area contributed by atoms with Gasteiger partial charge in [-0.1, -0.05) is 12.1 Å². The molecule has 20 heavy (non-hydrogen) atoms. The molecule has 7 heteroatoms. The lowest BCUT2D eigenvalue weighted by Gasteiger charge is -2.11. The molecule has 0 aliphatic rings. The Morgan fingerprint density at radius 1 is 1.15 bits per heavy atom. The maximum atomic E-state index is 11.5. The fourth-order valence-corrected chi connectivity index (χ4v) is 2.45. The second-order valence-electron chi connectivity index (χ2n) is 3.73. The lowest BCUT2D eigenvalue weighted by Crippen LogP contribution is -2.00. The average Bonchev–Trinajstić information content (AvgIpc) is 2.41. The molecule has 106 valence electrons. The molecule has 0 aliphatic heterocycles. The van der Waals surface area contributed by atoms with Gasteiger partial charge < -0.3 is 9.47 Å². The van der Waals surface area contributed by atoms with Gasteiger partial charge in [0, 0.05) is 16.9 Å². The third-order valence-electron chi connectivity index (χ3n) is 2.35. The standard InChI is InChI=1S/C13H12ClNO4S/c1-2-18-10-6-3-4-7-11(10)19-13-12(20(14,16)17)8-5-9-15-13/h3-9H,2H2,1H3. The second kappa shape index (κ2) is 6.11. The highest BCUT2D eigenvalue weighted by atomic mass is 35.7. The van der Waals surface area contributed by atoms with Crippen LogP contribution in [0.25, 0.3) is 0 Å². The van der Waals surface area contributed by atoms with Crippen molar-refractivity contribution in [2.75, 3.05) is 6.61 Å². The van der Waals surface area contributed by atoms with Crippen LogP contribution in [0.3, 0.4) is 0 Å². The van der Waals surface area contributed by atoms with Crippen molar-refractivity contribution in [3.8, 4) is 17.4 Å². The summed E-state index contributed by atoms with van der Waals surface area (Å²) in [5.41, 5.74) is 0. The van der Waals surface area contributed by atoms with Crippen LogP contribution in [-0.4, -0.2) is 20.0 Å². The van der Waals surface area contributed by atoms with Gasteiger partial charge in [-0.2, -0.15) is 0 Å². The first kappa shape index (κ1) is 14.6. The van der Waals surface area contributed by atoms with Gasteiger partial charge in [0.15, 0.2) is 11.5 Å². The number of aromatic nitrogens is 1. The third-order valence-corrected chi connectivity index (χ3v) is 3.69. The minimum Gasteiger partial charge on any atom is -0.490 e. The van der Waals surface area contributed by atoms with Crippen molar-refractivity contribution in [2.24, 2.45) is 0 Å². The molecule has 0 radical (unpaired) electrons. The SMILES string of the molecule is CCOc1ccccc1Oc1ncccc1S(=O)(=O)Cl. The van der Waals surface area contributed by atoms with Crippen LogP contribution >= 0.6 is 10.7 Å². The van der Waals surface area contributed by atoms with E-state index in [0.29, 0.717) is 18.1 Å². The zero-order valence-electron chi connectivity index (χ0n) is 10.6. The highest BCUT2D eigenvalue weighted by Gasteiger charge is 2.19. The van der Waals surface area contributed by atoms with Crippen LogP contribution < -0.4 is 9.47 Å². The van der Waals surface area contributed by atoms with Crippen LogP contribution in [0.5, 0.6) is 17.4 Å². The number of hydrogen-bond acceptors (Lipinski definition) is 5. The van der Waals surface area contributed by atoms with Gasteiger partial charge in [-0.3, -0.25) is 0 Å². The number of hydrogen-bond donors (Lipinski definition) is 0. The van der Waals surface area contributed by atoms with Gasteiger partial charge >= 0.3 is 0 Å². The van der Waals surface area contributed by atoms with Crippen LogP contribution in [0.2, 0.25) is 0 Å². The quantitative estimate of drug-likeness (QED) is 0.793. The van der Waals surface area contributed by atoms with Gasteiger partial charge in [0.1, 0.15) is 4.90 Å². The molecule has 1 heterocycles. The smallest absolute Gasteiger partial charge is 0.266 e. The summed E-state index contributed by atoms with van der Waals surface area (Å²) < 4.78 is 33.9. The lowest BCUT2D eigenvalue weighted by atomic mass is 10.3. The third kappa shape index (κ3) is 3.40. The van der Waals surface area contributed by atoms with E-state index in [4.69, 9.17) is 20.2 Å². The van der Waals surface area contributed by atoms with E-state index in [1.165, 1.54) is 18.3 Å². The Labute approximate surface area is 121 Å². The maximum Gasteiger partial charge on any atom is 0.266 e. The van der Waals surface area contributed by atoms with E-state index in [1.54, 1.807) is 24.3 Å². The molecule has 0 spiro atoms. The molecule has 2 rings (SSSR count). The molecule has 0 N–H and O–H groups in total. The van der Waals surface area contributed by atoms with Crippen molar-refractivity contribution in [1.82, 2.24) is 4.98 Å². The number of halogens is 1. The highest BCUT2D eigenvalue weighted by molar-refractivity contribution is 8.13. The fourth-order valence-electron chi connectivity index (χ4n) is 1.55. The molecule has 0 amide bonds. The monoisotopic (exact) mass is 313 g/mol. The number of ether oxygens (including phenoxy) is 2. The molecule has 5 nitrogen and oxygen atoms in total. The van der Waals surface area contributed by atoms with E-state index < -0.39 is 9.05 Å².